The molecule has 15 heavy (non-hydrogen) atoms. The van der Waals surface area contributed by atoms with Gasteiger partial charge in [-0.2, -0.15) is 0 Å². The number of aliphatic carboxylic acids is 1. The van der Waals surface area contributed by atoms with Crippen molar-refractivity contribution in [2.45, 2.75) is 39.2 Å². The summed E-state index contributed by atoms with van der Waals surface area (Å²) in [6, 6.07) is 0.244. The van der Waals surface area contributed by atoms with Gasteiger partial charge in [-0.3, -0.25) is 4.79 Å². The van der Waals surface area contributed by atoms with Crippen molar-refractivity contribution < 1.29 is 9.90 Å². The molecule has 0 amide bonds. The van der Waals surface area contributed by atoms with E-state index in [4.69, 9.17) is 5.11 Å². The molecule has 2 rings (SSSR count). The second kappa shape index (κ2) is 3.64. The summed E-state index contributed by atoms with van der Waals surface area (Å²) >= 11 is 0. The minimum atomic E-state index is -0.711. The molecule has 1 aliphatic rings. The van der Waals surface area contributed by atoms with Crippen LogP contribution in [0.2, 0.25) is 0 Å². The summed E-state index contributed by atoms with van der Waals surface area (Å²) in [5.74, 6) is -0.981. The van der Waals surface area contributed by atoms with E-state index in [1.807, 2.05) is 18.5 Å². The standard InChI is InChI=1S/C10H15N3O2/c1-6(2)13-9-5-7(10(14)15)3-4-8(9)11-12-13/h6-7H,3-5H2,1-2H3,(H,14,15). The van der Waals surface area contributed by atoms with Gasteiger partial charge in [-0.05, 0) is 26.7 Å². The molecule has 0 aliphatic heterocycles. The molecule has 0 fully saturated rings. The van der Waals surface area contributed by atoms with E-state index in [2.05, 4.69) is 10.3 Å². The maximum Gasteiger partial charge on any atom is 0.306 e. The predicted molar refractivity (Wildman–Crippen MR) is 53.6 cm³/mol. The van der Waals surface area contributed by atoms with Crippen molar-refractivity contribution in [2.75, 3.05) is 0 Å². The van der Waals surface area contributed by atoms with Gasteiger partial charge < -0.3 is 5.11 Å². The Balaban J connectivity index is 2.30. The molecule has 1 N–H and O–H groups in total. The molecular formula is C10H15N3O2. The van der Waals surface area contributed by atoms with E-state index in [1.54, 1.807) is 0 Å². The molecule has 5 nitrogen and oxygen atoms in total. The maximum absolute atomic E-state index is 10.9. The number of carboxylic acid groups (broad SMARTS) is 1. The first-order chi connectivity index (χ1) is 7.09. The molecule has 0 bridgehead atoms. The van der Waals surface area contributed by atoms with Gasteiger partial charge in [0.25, 0.3) is 0 Å². The van der Waals surface area contributed by atoms with Crippen molar-refractivity contribution in [2.24, 2.45) is 5.92 Å². The first-order valence-electron chi connectivity index (χ1n) is 5.25. The summed E-state index contributed by atoms with van der Waals surface area (Å²) in [6.45, 7) is 4.05. The van der Waals surface area contributed by atoms with E-state index in [0.29, 0.717) is 12.8 Å². The molecule has 1 unspecified atom stereocenters. The second-order valence-electron chi connectivity index (χ2n) is 4.30. The van der Waals surface area contributed by atoms with E-state index >= 15 is 0 Å². The summed E-state index contributed by atoms with van der Waals surface area (Å²) in [5.41, 5.74) is 1.98. The summed E-state index contributed by atoms with van der Waals surface area (Å²) in [6.07, 6.45) is 1.98. The van der Waals surface area contributed by atoms with Crippen LogP contribution in [0.5, 0.6) is 0 Å². The molecule has 0 spiro atoms. The van der Waals surface area contributed by atoms with Crippen molar-refractivity contribution >= 4 is 5.97 Å². The average Bonchev–Trinajstić information content (AvgIpc) is 2.59. The fourth-order valence-electron chi connectivity index (χ4n) is 2.02. The lowest BCUT2D eigenvalue weighted by Gasteiger charge is -2.19. The Bertz CT molecular complexity index is 384. The van der Waals surface area contributed by atoms with Crippen LogP contribution in [-0.2, 0) is 17.6 Å². The van der Waals surface area contributed by atoms with Crippen LogP contribution >= 0.6 is 0 Å². The third-order valence-corrected chi connectivity index (χ3v) is 2.88. The smallest absolute Gasteiger partial charge is 0.306 e. The Labute approximate surface area is 88.1 Å². The quantitative estimate of drug-likeness (QED) is 0.790. The van der Waals surface area contributed by atoms with Crippen molar-refractivity contribution in [3.8, 4) is 0 Å². The zero-order chi connectivity index (χ0) is 11.0. The van der Waals surface area contributed by atoms with Gasteiger partial charge >= 0.3 is 5.97 Å². The Morgan fingerprint density at radius 3 is 2.93 bits per heavy atom. The average molecular weight is 209 g/mol. The molecule has 0 saturated heterocycles. The number of fused-ring (bicyclic) bond motifs is 1. The summed E-state index contributed by atoms with van der Waals surface area (Å²) in [4.78, 5) is 10.9. The molecule has 0 saturated carbocycles. The highest BCUT2D eigenvalue weighted by molar-refractivity contribution is 5.70. The van der Waals surface area contributed by atoms with Crippen LogP contribution in [-0.4, -0.2) is 26.1 Å². The van der Waals surface area contributed by atoms with E-state index in [1.165, 1.54) is 0 Å². The van der Waals surface area contributed by atoms with E-state index in [0.717, 1.165) is 17.8 Å². The molecule has 82 valence electrons. The lowest BCUT2D eigenvalue weighted by Crippen LogP contribution is -2.24. The van der Waals surface area contributed by atoms with Gasteiger partial charge in [0.2, 0.25) is 0 Å². The zero-order valence-corrected chi connectivity index (χ0v) is 8.97. The zero-order valence-electron chi connectivity index (χ0n) is 8.97. The van der Waals surface area contributed by atoms with Crippen LogP contribution < -0.4 is 0 Å². The molecule has 1 aliphatic carbocycles. The van der Waals surface area contributed by atoms with Gasteiger partial charge in [0.15, 0.2) is 0 Å². The number of carbonyl (C=O) groups is 1. The van der Waals surface area contributed by atoms with Crippen LogP contribution in [0, 0.1) is 5.92 Å². The van der Waals surface area contributed by atoms with Crippen LogP contribution in [0.15, 0.2) is 0 Å². The van der Waals surface area contributed by atoms with Gasteiger partial charge in [-0.1, -0.05) is 5.21 Å². The molecule has 0 aromatic carbocycles. The topological polar surface area (TPSA) is 68.0 Å². The summed E-state index contributed by atoms with van der Waals surface area (Å²) < 4.78 is 1.84. The van der Waals surface area contributed by atoms with Crippen molar-refractivity contribution in [1.29, 1.82) is 0 Å². The number of aromatic nitrogens is 3. The number of rotatable bonds is 2. The Morgan fingerprint density at radius 1 is 1.60 bits per heavy atom. The molecule has 1 atom stereocenters. The van der Waals surface area contributed by atoms with Crippen LogP contribution in [0.1, 0.15) is 37.7 Å². The van der Waals surface area contributed by atoms with Crippen LogP contribution in [0.4, 0.5) is 0 Å². The first kappa shape index (κ1) is 10.1. The molecule has 1 aromatic rings. The van der Waals surface area contributed by atoms with Crippen molar-refractivity contribution in [3.05, 3.63) is 11.4 Å². The Morgan fingerprint density at radius 2 is 2.33 bits per heavy atom. The van der Waals surface area contributed by atoms with Gasteiger partial charge in [0.1, 0.15) is 0 Å². The number of hydrogen-bond donors (Lipinski definition) is 1. The molecule has 1 aromatic heterocycles. The fourth-order valence-corrected chi connectivity index (χ4v) is 2.02. The highest BCUT2D eigenvalue weighted by atomic mass is 16.4. The first-order valence-corrected chi connectivity index (χ1v) is 5.25. The fraction of sp³-hybridized carbons (Fsp3) is 0.700. The van der Waals surface area contributed by atoms with E-state index in [-0.39, 0.29) is 12.0 Å². The lowest BCUT2D eigenvalue weighted by atomic mass is 9.89. The van der Waals surface area contributed by atoms with E-state index in [9.17, 15) is 4.79 Å². The largest absolute Gasteiger partial charge is 0.481 e. The summed E-state index contributed by atoms with van der Waals surface area (Å²) in [5, 5.41) is 17.1. The second-order valence-corrected chi connectivity index (χ2v) is 4.30. The predicted octanol–water partition coefficient (Wildman–Crippen LogP) is 1.05. The number of nitrogens with zero attached hydrogens (tertiary/aromatic N) is 3. The minimum absolute atomic E-state index is 0.244. The molecule has 1 heterocycles. The molecule has 0 radical (unpaired) electrons. The Kier molecular flexibility index (Phi) is 2.46. The van der Waals surface area contributed by atoms with Gasteiger partial charge in [-0.15, -0.1) is 5.10 Å². The molecule has 5 heteroatoms. The third kappa shape index (κ3) is 1.73. The van der Waals surface area contributed by atoms with Crippen LogP contribution in [0.3, 0.4) is 0 Å². The highest BCUT2D eigenvalue weighted by Gasteiger charge is 2.28. The van der Waals surface area contributed by atoms with Gasteiger partial charge in [0, 0.05) is 12.5 Å². The van der Waals surface area contributed by atoms with E-state index < -0.39 is 5.97 Å². The normalized spacial score (nSPS) is 20.3. The van der Waals surface area contributed by atoms with Gasteiger partial charge in [-0.25, -0.2) is 4.68 Å². The van der Waals surface area contributed by atoms with Crippen LogP contribution in [0.25, 0.3) is 0 Å². The summed E-state index contributed by atoms with van der Waals surface area (Å²) in [7, 11) is 0. The molecular weight excluding hydrogens is 194 g/mol. The lowest BCUT2D eigenvalue weighted by molar-refractivity contribution is -0.142. The van der Waals surface area contributed by atoms with Crippen molar-refractivity contribution in [1.82, 2.24) is 15.0 Å². The monoisotopic (exact) mass is 209 g/mol. The maximum atomic E-state index is 10.9. The number of carboxylic acids is 1. The Hall–Kier alpha value is -1.39. The minimum Gasteiger partial charge on any atom is -0.481 e. The third-order valence-electron chi connectivity index (χ3n) is 2.88. The SMILES string of the molecule is CC(C)n1nnc2c1CC(C(=O)O)CC2. The highest BCUT2D eigenvalue weighted by Crippen LogP contribution is 2.25. The van der Waals surface area contributed by atoms with Crippen molar-refractivity contribution in [3.63, 3.8) is 0 Å². The number of hydrogen-bond acceptors (Lipinski definition) is 3. The number of aryl methyl sites for hydroxylation is 1. The van der Waals surface area contributed by atoms with Gasteiger partial charge in [0.05, 0.1) is 17.3 Å².